The number of hydrogen-bond acceptors (Lipinski definition) is 6. The molecule has 1 aliphatic heterocycles. The van der Waals surface area contributed by atoms with Gasteiger partial charge >= 0.3 is 0 Å². The molecule has 1 fully saturated rings. The van der Waals surface area contributed by atoms with Crippen molar-refractivity contribution in [1.82, 2.24) is 0 Å². The summed E-state index contributed by atoms with van der Waals surface area (Å²) in [5, 5.41) is 20.3. The van der Waals surface area contributed by atoms with Crippen LogP contribution in [0.5, 0.6) is 0 Å². The van der Waals surface area contributed by atoms with Gasteiger partial charge in [-0.1, -0.05) is 6.07 Å². The molecule has 0 amide bonds. The average Bonchev–Trinajstić information content (AvgIpc) is 2.89. The summed E-state index contributed by atoms with van der Waals surface area (Å²) in [5.74, 6) is 0. The zero-order valence-corrected chi connectivity index (χ0v) is 11.5. The van der Waals surface area contributed by atoms with Crippen LogP contribution < -0.4 is 4.90 Å². The number of aliphatic hydroxyl groups excluding tert-OH is 1. The molecule has 1 aromatic carbocycles. The van der Waals surface area contributed by atoms with Crippen LogP contribution in [0.25, 0.3) is 0 Å². The number of hydrogen-bond donors (Lipinski definition) is 1. The van der Waals surface area contributed by atoms with E-state index in [1.165, 1.54) is 6.07 Å². The summed E-state index contributed by atoms with van der Waals surface area (Å²) in [6.45, 7) is 0.852. The van der Waals surface area contributed by atoms with Crippen LogP contribution in [0.4, 0.5) is 11.4 Å². The highest BCUT2D eigenvalue weighted by atomic mass is 16.6. The standard InChI is InChI=1S/C13H18N2O5/c1-19-12-6-14(7-13(12)20-2)10-4-3-9(8-16)5-11(10)15(17)18/h3-5,12-13,16H,6-8H2,1-2H3. The first kappa shape index (κ1) is 14.7. The molecule has 7 heteroatoms. The Bertz CT molecular complexity index is 482. The predicted molar refractivity (Wildman–Crippen MR) is 72.8 cm³/mol. The van der Waals surface area contributed by atoms with Crippen molar-refractivity contribution in [1.29, 1.82) is 0 Å². The van der Waals surface area contributed by atoms with Crippen molar-refractivity contribution < 1.29 is 19.5 Å². The Hall–Kier alpha value is -1.70. The van der Waals surface area contributed by atoms with Gasteiger partial charge in [-0.15, -0.1) is 0 Å². The second kappa shape index (κ2) is 6.17. The molecule has 7 nitrogen and oxygen atoms in total. The zero-order valence-electron chi connectivity index (χ0n) is 11.5. The largest absolute Gasteiger partial charge is 0.392 e. The minimum Gasteiger partial charge on any atom is -0.392 e. The number of anilines is 1. The Morgan fingerprint density at radius 3 is 2.40 bits per heavy atom. The van der Waals surface area contributed by atoms with Crippen molar-refractivity contribution in [2.75, 3.05) is 32.2 Å². The molecule has 2 atom stereocenters. The van der Waals surface area contributed by atoms with E-state index in [1.807, 2.05) is 4.90 Å². The van der Waals surface area contributed by atoms with Crippen molar-refractivity contribution >= 4 is 11.4 Å². The van der Waals surface area contributed by atoms with Gasteiger partial charge in [-0.25, -0.2) is 0 Å². The third-order valence-corrected chi connectivity index (χ3v) is 3.58. The predicted octanol–water partition coefficient (Wildman–Crippen LogP) is 0.937. The van der Waals surface area contributed by atoms with E-state index in [2.05, 4.69) is 0 Å². The molecule has 2 rings (SSSR count). The van der Waals surface area contributed by atoms with Crippen LogP contribution >= 0.6 is 0 Å². The van der Waals surface area contributed by atoms with E-state index in [1.54, 1.807) is 26.4 Å². The Kier molecular flexibility index (Phi) is 4.53. The van der Waals surface area contributed by atoms with Crippen molar-refractivity contribution in [2.24, 2.45) is 0 Å². The summed E-state index contributed by atoms with van der Waals surface area (Å²) in [6.07, 6.45) is -0.228. The van der Waals surface area contributed by atoms with E-state index >= 15 is 0 Å². The normalized spacial score (nSPS) is 22.2. The maximum Gasteiger partial charge on any atom is 0.292 e. The summed E-state index contributed by atoms with van der Waals surface area (Å²) >= 11 is 0. The van der Waals surface area contributed by atoms with Gasteiger partial charge in [0, 0.05) is 33.4 Å². The lowest BCUT2D eigenvalue weighted by Crippen LogP contribution is -2.27. The summed E-state index contributed by atoms with van der Waals surface area (Å²) < 4.78 is 10.7. The van der Waals surface area contributed by atoms with E-state index in [4.69, 9.17) is 14.6 Å². The SMILES string of the molecule is COC1CN(c2ccc(CO)cc2[N+](=O)[O-])CC1OC. The number of rotatable bonds is 5. The number of benzene rings is 1. The molecule has 1 aromatic rings. The number of nitro benzene ring substituents is 1. The monoisotopic (exact) mass is 282 g/mol. The van der Waals surface area contributed by atoms with Crippen LogP contribution in [0, 0.1) is 10.1 Å². The minimum atomic E-state index is -0.434. The van der Waals surface area contributed by atoms with Gasteiger partial charge in [0.05, 0.1) is 11.5 Å². The van der Waals surface area contributed by atoms with Gasteiger partial charge in [-0.2, -0.15) is 0 Å². The first-order chi connectivity index (χ1) is 9.60. The molecule has 2 unspecified atom stereocenters. The van der Waals surface area contributed by atoms with Crippen LogP contribution in [0.3, 0.4) is 0 Å². The summed E-state index contributed by atoms with van der Waals surface area (Å²) in [6, 6.07) is 4.75. The molecule has 110 valence electrons. The maximum atomic E-state index is 11.2. The van der Waals surface area contributed by atoms with Gasteiger partial charge in [0.25, 0.3) is 5.69 Å². The van der Waals surface area contributed by atoms with Crippen LogP contribution in [0.1, 0.15) is 5.56 Å². The lowest BCUT2D eigenvalue weighted by molar-refractivity contribution is -0.384. The average molecular weight is 282 g/mol. The molecule has 0 spiro atoms. The molecule has 20 heavy (non-hydrogen) atoms. The van der Waals surface area contributed by atoms with E-state index in [0.717, 1.165) is 0 Å². The Morgan fingerprint density at radius 1 is 1.35 bits per heavy atom. The van der Waals surface area contributed by atoms with Crippen molar-refractivity contribution in [3.63, 3.8) is 0 Å². The molecule has 0 bridgehead atoms. The van der Waals surface area contributed by atoms with Crippen LogP contribution in [-0.2, 0) is 16.1 Å². The smallest absolute Gasteiger partial charge is 0.292 e. The van der Waals surface area contributed by atoms with Gasteiger partial charge < -0.3 is 19.5 Å². The lowest BCUT2D eigenvalue weighted by atomic mass is 10.1. The number of aliphatic hydroxyl groups is 1. The summed E-state index contributed by atoms with van der Waals surface area (Å²) in [4.78, 5) is 12.6. The minimum absolute atomic E-state index is 0.0110. The van der Waals surface area contributed by atoms with E-state index in [9.17, 15) is 10.1 Å². The maximum absolute atomic E-state index is 11.2. The molecule has 0 aromatic heterocycles. The summed E-state index contributed by atoms with van der Waals surface area (Å²) in [5.41, 5.74) is 1.03. The van der Waals surface area contributed by atoms with Gasteiger partial charge in [-0.05, 0) is 11.6 Å². The van der Waals surface area contributed by atoms with Gasteiger partial charge in [0.15, 0.2) is 0 Å². The fourth-order valence-corrected chi connectivity index (χ4v) is 2.47. The number of nitro groups is 1. The highest BCUT2D eigenvalue weighted by molar-refractivity contribution is 5.65. The fraction of sp³-hybridized carbons (Fsp3) is 0.538. The second-order valence-corrected chi connectivity index (χ2v) is 4.69. The molecule has 0 saturated carbocycles. The van der Waals surface area contributed by atoms with Gasteiger partial charge in [0.2, 0.25) is 0 Å². The molecule has 1 aliphatic rings. The van der Waals surface area contributed by atoms with Gasteiger partial charge in [-0.3, -0.25) is 10.1 Å². The van der Waals surface area contributed by atoms with Gasteiger partial charge in [0.1, 0.15) is 17.9 Å². The van der Waals surface area contributed by atoms with Crippen LogP contribution in [0.2, 0.25) is 0 Å². The quantitative estimate of drug-likeness (QED) is 0.639. The molecule has 0 aliphatic carbocycles. The third-order valence-electron chi connectivity index (χ3n) is 3.58. The number of ether oxygens (including phenoxy) is 2. The molecule has 1 heterocycles. The Morgan fingerprint density at radius 2 is 1.95 bits per heavy atom. The van der Waals surface area contributed by atoms with Crippen LogP contribution in [0.15, 0.2) is 18.2 Å². The molecular weight excluding hydrogens is 264 g/mol. The first-order valence-electron chi connectivity index (χ1n) is 6.29. The highest BCUT2D eigenvalue weighted by Crippen LogP contribution is 2.32. The summed E-state index contributed by atoms with van der Waals surface area (Å²) in [7, 11) is 3.20. The lowest BCUT2D eigenvalue weighted by Gasteiger charge is -2.18. The fourth-order valence-electron chi connectivity index (χ4n) is 2.47. The molecule has 0 radical (unpaired) electrons. The van der Waals surface area contributed by atoms with E-state index in [-0.39, 0.29) is 24.5 Å². The highest BCUT2D eigenvalue weighted by Gasteiger charge is 2.35. The molecule has 1 saturated heterocycles. The molecule has 1 N–H and O–H groups in total. The van der Waals surface area contributed by atoms with Crippen molar-refractivity contribution in [3.8, 4) is 0 Å². The topological polar surface area (TPSA) is 85.1 Å². The number of nitrogens with zero attached hydrogens (tertiary/aromatic N) is 2. The Labute approximate surface area is 116 Å². The first-order valence-corrected chi connectivity index (χ1v) is 6.29. The van der Waals surface area contributed by atoms with Crippen molar-refractivity contribution in [2.45, 2.75) is 18.8 Å². The third kappa shape index (κ3) is 2.74. The Balaban J connectivity index is 2.31. The van der Waals surface area contributed by atoms with Crippen molar-refractivity contribution in [3.05, 3.63) is 33.9 Å². The zero-order chi connectivity index (χ0) is 14.7. The molecular formula is C13H18N2O5. The van der Waals surface area contributed by atoms with Crippen LogP contribution in [-0.4, -0.2) is 49.5 Å². The second-order valence-electron chi connectivity index (χ2n) is 4.69. The van der Waals surface area contributed by atoms with E-state index in [0.29, 0.717) is 24.3 Å². The van der Waals surface area contributed by atoms with E-state index < -0.39 is 4.92 Å². The number of methoxy groups -OCH3 is 2.